The van der Waals surface area contributed by atoms with Gasteiger partial charge < -0.3 is 28.4 Å². The number of Topliss-reactive ketones (excluding diaryl/α,β-unsaturated/α-hetero) is 1. The van der Waals surface area contributed by atoms with E-state index in [9.17, 15) is 4.79 Å². The summed E-state index contributed by atoms with van der Waals surface area (Å²) in [6.07, 6.45) is 0. The van der Waals surface area contributed by atoms with E-state index in [-0.39, 0.29) is 5.56 Å². The SMILES string of the molecule is COc1ccc(C2(OC)Oc3cc(OC)cc(OC)c3C2=O)c(OC)c1. The molecule has 0 fully saturated rings. The molecule has 0 radical (unpaired) electrons. The zero-order valence-electron chi connectivity index (χ0n) is 15.2. The van der Waals surface area contributed by atoms with E-state index in [2.05, 4.69) is 0 Å². The number of benzene rings is 2. The number of hydrogen-bond acceptors (Lipinski definition) is 7. The van der Waals surface area contributed by atoms with E-state index in [0.29, 0.717) is 34.3 Å². The molecule has 138 valence electrons. The largest absolute Gasteiger partial charge is 0.497 e. The smallest absolute Gasteiger partial charge is 0.306 e. The Bertz CT molecular complexity index is 846. The lowest BCUT2D eigenvalue weighted by atomic mass is 9.96. The van der Waals surface area contributed by atoms with Gasteiger partial charge in [0.25, 0.3) is 0 Å². The lowest BCUT2D eigenvalue weighted by Crippen LogP contribution is -2.39. The predicted octanol–water partition coefficient (Wildman–Crippen LogP) is 2.80. The molecule has 1 aliphatic heterocycles. The third kappa shape index (κ3) is 2.52. The van der Waals surface area contributed by atoms with Gasteiger partial charge in [-0.2, -0.15) is 0 Å². The number of carbonyl (C=O) groups is 1. The second-order valence-electron chi connectivity index (χ2n) is 5.52. The normalized spacial score (nSPS) is 18.1. The zero-order chi connectivity index (χ0) is 18.9. The molecule has 0 amide bonds. The van der Waals surface area contributed by atoms with Crippen molar-refractivity contribution in [3.63, 3.8) is 0 Å². The van der Waals surface area contributed by atoms with Crippen molar-refractivity contribution in [1.82, 2.24) is 0 Å². The van der Waals surface area contributed by atoms with Crippen molar-refractivity contribution >= 4 is 5.78 Å². The quantitative estimate of drug-likeness (QED) is 0.784. The lowest BCUT2D eigenvalue weighted by Gasteiger charge is -2.27. The fourth-order valence-corrected chi connectivity index (χ4v) is 3.01. The number of fused-ring (bicyclic) bond motifs is 1. The summed E-state index contributed by atoms with van der Waals surface area (Å²) in [6, 6.07) is 8.28. The Morgan fingerprint density at radius 3 is 2.04 bits per heavy atom. The van der Waals surface area contributed by atoms with Crippen molar-refractivity contribution < 1.29 is 33.2 Å². The zero-order valence-corrected chi connectivity index (χ0v) is 15.2. The molecule has 2 aromatic carbocycles. The molecule has 1 unspecified atom stereocenters. The summed E-state index contributed by atoms with van der Waals surface area (Å²) in [5.41, 5.74) is 0.707. The van der Waals surface area contributed by atoms with E-state index < -0.39 is 11.6 Å². The van der Waals surface area contributed by atoms with E-state index in [0.717, 1.165) is 0 Å². The molecule has 0 bridgehead atoms. The predicted molar refractivity (Wildman–Crippen MR) is 92.7 cm³/mol. The lowest BCUT2D eigenvalue weighted by molar-refractivity contribution is -0.125. The molecule has 1 aliphatic rings. The van der Waals surface area contributed by atoms with Gasteiger partial charge in [0.1, 0.15) is 34.3 Å². The van der Waals surface area contributed by atoms with Gasteiger partial charge in [-0.3, -0.25) is 4.79 Å². The van der Waals surface area contributed by atoms with Crippen molar-refractivity contribution in [3.05, 3.63) is 41.5 Å². The summed E-state index contributed by atoms with van der Waals surface area (Å²) in [5, 5.41) is 0. The maximum absolute atomic E-state index is 13.3. The van der Waals surface area contributed by atoms with Crippen LogP contribution in [-0.2, 0) is 10.5 Å². The van der Waals surface area contributed by atoms with Gasteiger partial charge in [-0.15, -0.1) is 0 Å². The van der Waals surface area contributed by atoms with E-state index in [1.807, 2.05) is 0 Å². The summed E-state index contributed by atoms with van der Waals surface area (Å²) < 4.78 is 32.8. The van der Waals surface area contributed by atoms with E-state index >= 15 is 0 Å². The summed E-state index contributed by atoms with van der Waals surface area (Å²) in [5.74, 6) is 0.0542. The number of hydrogen-bond donors (Lipinski definition) is 0. The molecule has 0 N–H and O–H groups in total. The summed E-state index contributed by atoms with van der Waals surface area (Å²) in [4.78, 5) is 13.3. The van der Waals surface area contributed by atoms with Crippen LogP contribution < -0.4 is 23.7 Å². The van der Waals surface area contributed by atoms with Crippen LogP contribution in [0.25, 0.3) is 0 Å². The third-order valence-electron chi connectivity index (χ3n) is 4.33. The highest BCUT2D eigenvalue weighted by Crippen LogP contribution is 2.49. The molecule has 7 heteroatoms. The Morgan fingerprint density at radius 1 is 0.808 bits per heavy atom. The van der Waals surface area contributed by atoms with Gasteiger partial charge in [0, 0.05) is 25.3 Å². The summed E-state index contributed by atoms with van der Waals surface area (Å²) in [6.45, 7) is 0. The highest BCUT2D eigenvalue weighted by atomic mass is 16.7. The van der Waals surface area contributed by atoms with Crippen LogP contribution in [0.1, 0.15) is 15.9 Å². The number of rotatable bonds is 6. The average Bonchev–Trinajstić information content (AvgIpc) is 2.99. The molecular formula is C19H20O7. The first kappa shape index (κ1) is 17.9. The highest BCUT2D eigenvalue weighted by molar-refractivity contribution is 6.09. The van der Waals surface area contributed by atoms with Crippen LogP contribution in [0.3, 0.4) is 0 Å². The van der Waals surface area contributed by atoms with Crippen molar-refractivity contribution in [1.29, 1.82) is 0 Å². The minimum absolute atomic E-state index is 0.285. The molecule has 1 heterocycles. The molecule has 0 saturated heterocycles. The van der Waals surface area contributed by atoms with Gasteiger partial charge in [0.05, 0.1) is 34.0 Å². The van der Waals surface area contributed by atoms with Gasteiger partial charge in [-0.25, -0.2) is 0 Å². The van der Waals surface area contributed by atoms with Crippen molar-refractivity contribution in [2.75, 3.05) is 35.5 Å². The third-order valence-corrected chi connectivity index (χ3v) is 4.33. The molecule has 0 aliphatic carbocycles. The summed E-state index contributed by atoms with van der Waals surface area (Å²) >= 11 is 0. The van der Waals surface area contributed by atoms with Gasteiger partial charge >= 0.3 is 5.79 Å². The van der Waals surface area contributed by atoms with Crippen LogP contribution in [-0.4, -0.2) is 41.3 Å². The van der Waals surface area contributed by atoms with Crippen LogP contribution in [0.4, 0.5) is 0 Å². The molecule has 7 nitrogen and oxygen atoms in total. The number of carbonyl (C=O) groups excluding carboxylic acids is 1. The number of ether oxygens (including phenoxy) is 6. The van der Waals surface area contributed by atoms with Gasteiger partial charge in [-0.05, 0) is 12.1 Å². The number of methoxy groups -OCH3 is 5. The first-order valence-electron chi connectivity index (χ1n) is 7.82. The van der Waals surface area contributed by atoms with Crippen LogP contribution in [0.15, 0.2) is 30.3 Å². The van der Waals surface area contributed by atoms with Crippen molar-refractivity contribution in [2.45, 2.75) is 5.79 Å². The van der Waals surface area contributed by atoms with Crippen molar-refractivity contribution in [2.24, 2.45) is 0 Å². The van der Waals surface area contributed by atoms with Gasteiger partial charge in [0.2, 0.25) is 5.78 Å². The maximum atomic E-state index is 13.3. The summed E-state index contributed by atoms with van der Waals surface area (Å²) in [7, 11) is 7.44. The molecule has 1 atom stereocenters. The minimum Gasteiger partial charge on any atom is -0.497 e. The van der Waals surface area contributed by atoms with Crippen LogP contribution >= 0.6 is 0 Å². The Morgan fingerprint density at radius 2 is 1.46 bits per heavy atom. The monoisotopic (exact) mass is 360 g/mol. The molecule has 3 rings (SSSR count). The highest BCUT2D eigenvalue weighted by Gasteiger charge is 2.53. The fourth-order valence-electron chi connectivity index (χ4n) is 3.01. The topological polar surface area (TPSA) is 72.5 Å². The molecular weight excluding hydrogens is 340 g/mol. The average molecular weight is 360 g/mol. The Balaban J connectivity index is 2.19. The molecule has 0 spiro atoms. The van der Waals surface area contributed by atoms with Gasteiger partial charge in [-0.1, -0.05) is 0 Å². The van der Waals surface area contributed by atoms with E-state index in [1.54, 1.807) is 37.4 Å². The van der Waals surface area contributed by atoms with E-state index in [1.165, 1.54) is 28.4 Å². The first-order chi connectivity index (χ1) is 12.5. The Labute approximate surface area is 151 Å². The first-order valence-corrected chi connectivity index (χ1v) is 7.82. The van der Waals surface area contributed by atoms with Crippen LogP contribution in [0, 0.1) is 0 Å². The van der Waals surface area contributed by atoms with Crippen LogP contribution in [0.2, 0.25) is 0 Å². The van der Waals surface area contributed by atoms with Gasteiger partial charge in [0.15, 0.2) is 0 Å². The fraction of sp³-hybridized carbons (Fsp3) is 0.316. The second kappa shape index (κ2) is 6.76. The van der Waals surface area contributed by atoms with Crippen molar-refractivity contribution in [3.8, 4) is 28.7 Å². The minimum atomic E-state index is -1.69. The second-order valence-corrected chi connectivity index (χ2v) is 5.52. The molecule has 0 saturated carbocycles. The Kier molecular flexibility index (Phi) is 4.65. The molecule has 0 aromatic heterocycles. The van der Waals surface area contributed by atoms with E-state index in [4.69, 9.17) is 28.4 Å². The standard InChI is InChI=1S/C19H20O7/c1-21-11-6-7-13(14(8-11)23-3)19(25-5)18(20)17-15(24-4)9-12(22-2)10-16(17)26-19/h6-10H,1-5H3. The Hall–Kier alpha value is -2.93. The molecule has 2 aromatic rings. The van der Waals surface area contributed by atoms with Crippen LogP contribution in [0.5, 0.6) is 28.7 Å². The maximum Gasteiger partial charge on any atom is 0.306 e. The number of ketones is 1. The molecule has 26 heavy (non-hydrogen) atoms.